The van der Waals surface area contributed by atoms with Crippen LogP contribution in [0.3, 0.4) is 0 Å². The summed E-state index contributed by atoms with van der Waals surface area (Å²) in [7, 11) is 0. The van der Waals surface area contributed by atoms with Gasteiger partial charge in [-0.3, -0.25) is 0 Å². The minimum atomic E-state index is 0.688. The van der Waals surface area contributed by atoms with E-state index in [2.05, 4.69) is 17.4 Å². The number of nitrogens with one attached hydrogen (secondary N) is 1. The van der Waals surface area contributed by atoms with Crippen LogP contribution < -0.4 is 15.8 Å². The molecule has 3 nitrogen and oxygen atoms in total. The molecule has 0 atom stereocenters. The lowest BCUT2D eigenvalue weighted by Crippen LogP contribution is -2.23. The second-order valence-electron chi connectivity index (χ2n) is 4.67. The fourth-order valence-corrected chi connectivity index (χ4v) is 2.06. The highest BCUT2D eigenvalue weighted by atomic mass is 16.5. The highest BCUT2D eigenvalue weighted by Crippen LogP contribution is 2.25. The summed E-state index contributed by atoms with van der Waals surface area (Å²) >= 11 is 0. The summed E-state index contributed by atoms with van der Waals surface area (Å²) in [6, 6.07) is 18.1. The van der Waals surface area contributed by atoms with Gasteiger partial charge in [0, 0.05) is 13.1 Å². The van der Waals surface area contributed by atoms with Crippen LogP contribution in [-0.2, 0) is 6.42 Å². The molecule has 0 saturated heterocycles. The molecular weight excluding hydrogens is 248 g/mol. The number of aryl methyl sites for hydroxylation is 1. The van der Waals surface area contributed by atoms with Crippen LogP contribution >= 0.6 is 0 Å². The van der Waals surface area contributed by atoms with Crippen LogP contribution in [0.1, 0.15) is 12.0 Å². The van der Waals surface area contributed by atoms with Gasteiger partial charge in [0.25, 0.3) is 0 Å². The lowest BCUT2D eigenvalue weighted by Gasteiger charge is -2.11. The van der Waals surface area contributed by atoms with Gasteiger partial charge in [0.05, 0.1) is 0 Å². The normalized spacial score (nSPS) is 10.4. The third kappa shape index (κ3) is 4.68. The molecule has 0 aliphatic heterocycles. The van der Waals surface area contributed by atoms with Crippen LogP contribution in [0, 0.1) is 0 Å². The minimum absolute atomic E-state index is 0.688. The van der Waals surface area contributed by atoms with Crippen molar-refractivity contribution in [1.82, 2.24) is 5.32 Å². The van der Waals surface area contributed by atoms with Crippen molar-refractivity contribution in [2.45, 2.75) is 12.8 Å². The van der Waals surface area contributed by atoms with E-state index < -0.39 is 0 Å². The number of hydrogen-bond acceptors (Lipinski definition) is 3. The molecule has 0 aliphatic carbocycles. The highest BCUT2D eigenvalue weighted by molar-refractivity contribution is 5.37. The predicted octanol–water partition coefficient (Wildman–Crippen LogP) is 2.96. The topological polar surface area (TPSA) is 47.3 Å². The van der Waals surface area contributed by atoms with Gasteiger partial charge in [-0.25, -0.2) is 0 Å². The first-order valence-corrected chi connectivity index (χ1v) is 7.12. The molecule has 0 fully saturated rings. The average molecular weight is 270 g/mol. The minimum Gasteiger partial charge on any atom is -0.457 e. The SMILES string of the molecule is NCCNCCCc1ccccc1Oc1ccccc1. The highest BCUT2D eigenvalue weighted by Gasteiger charge is 2.03. The molecule has 0 aromatic heterocycles. The van der Waals surface area contributed by atoms with E-state index in [1.54, 1.807) is 0 Å². The molecule has 2 aromatic carbocycles. The first kappa shape index (κ1) is 14.6. The molecule has 106 valence electrons. The lowest BCUT2D eigenvalue weighted by molar-refractivity contribution is 0.474. The quantitative estimate of drug-likeness (QED) is 0.725. The molecule has 0 spiro atoms. The zero-order chi connectivity index (χ0) is 14.0. The molecule has 0 bridgehead atoms. The number of nitrogens with two attached hydrogens (primary N) is 1. The molecule has 0 saturated carbocycles. The molecule has 0 heterocycles. The monoisotopic (exact) mass is 270 g/mol. The van der Waals surface area contributed by atoms with Crippen LogP contribution in [0.15, 0.2) is 54.6 Å². The van der Waals surface area contributed by atoms with Crippen molar-refractivity contribution in [3.05, 3.63) is 60.2 Å². The van der Waals surface area contributed by atoms with Crippen molar-refractivity contribution in [2.24, 2.45) is 5.73 Å². The van der Waals surface area contributed by atoms with Crippen molar-refractivity contribution in [1.29, 1.82) is 0 Å². The smallest absolute Gasteiger partial charge is 0.130 e. The van der Waals surface area contributed by atoms with Crippen molar-refractivity contribution in [3.8, 4) is 11.5 Å². The average Bonchev–Trinajstić information content (AvgIpc) is 2.50. The van der Waals surface area contributed by atoms with Crippen LogP contribution in [0.25, 0.3) is 0 Å². The van der Waals surface area contributed by atoms with Crippen LogP contribution in [0.2, 0.25) is 0 Å². The number of ether oxygens (including phenoxy) is 1. The maximum atomic E-state index is 5.95. The maximum absolute atomic E-state index is 5.95. The predicted molar refractivity (Wildman–Crippen MR) is 83.2 cm³/mol. The first-order valence-electron chi connectivity index (χ1n) is 7.12. The third-order valence-electron chi connectivity index (χ3n) is 3.06. The lowest BCUT2D eigenvalue weighted by atomic mass is 10.1. The second-order valence-corrected chi connectivity index (χ2v) is 4.67. The van der Waals surface area contributed by atoms with Crippen molar-refractivity contribution >= 4 is 0 Å². The summed E-state index contributed by atoms with van der Waals surface area (Å²) in [6.07, 6.45) is 2.08. The van der Waals surface area contributed by atoms with Gasteiger partial charge in [-0.15, -0.1) is 0 Å². The fourth-order valence-electron chi connectivity index (χ4n) is 2.06. The summed E-state index contributed by atoms with van der Waals surface area (Å²) in [4.78, 5) is 0. The van der Waals surface area contributed by atoms with Gasteiger partial charge in [0.15, 0.2) is 0 Å². The van der Waals surface area contributed by atoms with Gasteiger partial charge < -0.3 is 15.8 Å². The van der Waals surface area contributed by atoms with E-state index in [9.17, 15) is 0 Å². The van der Waals surface area contributed by atoms with Crippen LogP contribution in [0.5, 0.6) is 11.5 Å². The summed E-state index contributed by atoms with van der Waals surface area (Å²) in [6.45, 7) is 2.55. The third-order valence-corrected chi connectivity index (χ3v) is 3.06. The molecule has 0 amide bonds. The van der Waals surface area contributed by atoms with Crippen LogP contribution in [0.4, 0.5) is 0 Å². The number of benzene rings is 2. The van der Waals surface area contributed by atoms with E-state index in [4.69, 9.17) is 10.5 Å². The first-order chi connectivity index (χ1) is 9.90. The molecule has 3 heteroatoms. The van der Waals surface area contributed by atoms with Gasteiger partial charge >= 0.3 is 0 Å². The Morgan fingerprint density at radius 3 is 2.45 bits per heavy atom. The molecule has 0 unspecified atom stereocenters. The van der Waals surface area contributed by atoms with Gasteiger partial charge in [-0.05, 0) is 43.1 Å². The Morgan fingerprint density at radius 2 is 1.65 bits per heavy atom. The Kier molecular flexibility index (Phi) is 6.08. The number of para-hydroxylation sites is 2. The standard InChI is InChI=1S/C17H22N2O/c18-12-14-19-13-6-8-15-7-4-5-11-17(15)20-16-9-2-1-3-10-16/h1-5,7,9-11,19H,6,8,12-14,18H2. The Bertz CT molecular complexity index is 499. The fraction of sp³-hybridized carbons (Fsp3) is 0.294. The molecule has 2 aromatic rings. The Balaban J connectivity index is 1.92. The Hall–Kier alpha value is -1.84. The molecule has 2 rings (SSSR count). The summed E-state index contributed by atoms with van der Waals surface area (Å²) in [5.41, 5.74) is 6.69. The van der Waals surface area contributed by atoms with E-state index >= 15 is 0 Å². The van der Waals surface area contributed by atoms with Crippen molar-refractivity contribution in [3.63, 3.8) is 0 Å². The van der Waals surface area contributed by atoms with E-state index in [0.717, 1.165) is 37.4 Å². The maximum Gasteiger partial charge on any atom is 0.130 e. The zero-order valence-electron chi connectivity index (χ0n) is 11.7. The van der Waals surface area contributed by atoms with E-state index in [-0.39, 0.29) is 0 Å². The largest absolute Gasteiger partial charge is 0.457 e. The summed E-state index contributed by atoms with van der Waals surface area (Å²) in [5, 5.41) is 3.31. The molecular formula is C17H22N2O. The Morgan fingerprint density at radius 1 is 0.900 bits per heavy atom. The van der Waals surface area contributed by atoms with Gasteiger partial charge in [-0.2, -0.15) is 0 Å². The van der Waals surface area contributed by atoms with Gasteiger partial charge in [-0.1, -0.05) is 36.4 Å². The molecule has 20 heavy (non-hydrogen) atoms. The van der Waals surface area contributed by atoms with E-state index in [1.165, 1.54) is 5.56 Å². The van der Waals surface area contributed by atoms with Crippen molar-refractivity contribution < 1.29 is 4.74 Å². The summed E-state index contributed by atoms with van der Waals surface area (Å²) < 4.78 is 5.95. The Labute approximate surface area is 120 Å². The summed E-state index contributed by atoms with van der Waals surface area (Å²) in [5.74, 6) is 1.82. The molecule has 3 N–H and O–H groups in total. The number of rotatable bonds is 8. The van der Waals surface area contributed by atoms with Crippen molar-refractivity contribution in [2.75, 3.05) is 19.6 Å². The van der Waals surface area contributed by atoms with Crippen LogP contribution in [-0.4, -0.2) is 19.6 Å². The molecule has 0 aliphatic rings. The zero-order valence-corrected chi connectivity index (χ0v) is 11.7. The van der Waals surface area contributed by atoms with E-state index in [0.29, 0.717) is 6.54 Å². The second kappa shape index (κ2) is 8.35. The number of hydrogen-bond donors (Lipinski definition) is 2. The van der Waals surface area contributed by atoms with Gasteiger partial charge in [0.2, 0.25) is 0 Å². The van der Waals surface area contributed by atoms with Gasteiger partial charge in [0.1, 0.15) is 11.5 Å². The molecule has 0 radical (unpaired) electrons. The van der Waals surface area contributed by atoms with E-state index in [1.807, 2.05) is 42.5 Å².